The van der Waals surface area contributed by atoms with E-state index in [2.05, 4.69) is 0 Å². The van der Waals surface area contributed by atoms with E-state index in [1.54, 1.807) is 0 Å². The minimum atomic E-state index is -2.42. The summed E-state index contributed by atoms with van der Waals surface area (Å²) in [4.78, 5) is 33.2. The van der Waals surface area contributed by atoms with Gasteiger partial charge in [0.25, 0.3) is 0 Å². The Kier molecular flexibility index (Phi) is 9.68. The van der Waals surface area contributed by atoms with E-state index in [0.29, 0.717) is 4.90 Å². The van der Waals surface area contributed by atoms with E-state index < -0.39 is 72.3 Å². The summed E-state index contributed by atoms with van der Waals surface area (Å²) in [6.45, 7) is -2.79. The van der Waals surface area contributed by atoms with Crippen molar-refractivity contribution in [1.82, 2.24) is 4.90 Å². The zero-order valence-corrected chi connectivity index (χ0v) is 14.2. The third-order valence-corrected chi connectivity index (χ3v) is 2.56. The molecular weight excluding hydrogens is 462 g/mol. The summed E-state index contributed by atoms with van der Waals surface area (Å²) < 4.78 is 73.8. The molecule has 0 bridgehead atoms. The van der Waals surface area contributed by atoms with Crippen LogP contribution >= 0.6 is 0 Å². The number of anilines is 1. The summed E-state index contributed by atoms with van der Waals surface area (Å²) in [6, 6.07) is 0. The SMILES string of the molecule is O=C(O)CN(CC(=O)O)CC(=O)Nc1c(F)c(F)c(F)c(F)c1F.[O]=[99Tc]. The van der Waals surface area contributed by atoms with Gasteiger partial charge in [0.15, 0.2) is 23.3 Å². The van der Waals surface area contributed by atoms with E-state index in [-0.39, 0.29) is 0 Å². The first kappa shape index (κ1) is 23.7. The van der Waals surface area contributed by atoms with Crippen LogP contribution in [0.5, 0.6) is 0 Å². The van der Waals surface area contributed by atoms with E-state index in [9.17, 15) is 36.3 Å². The summed E-state index contributed by atoms with van der Waals surface area (Å²) in [6.07, 6.45) is 0. The Balaban J connectivity index is 0.00000301. The quantitative estimate of drug-likeness (QED) is 0.304. The number of carbonyl (C=O) groups excluding carboxylic acids is 1. The first-order chi connectivity index (χ1) is 12.0. The average molecular weight is 471 g/mol. The number of hydrogen-bond acceptors (Lipinski definition) is 5. The van der Waals surface area contributed by atoms with Crippen molar-refractivity contribution in [1.29, 1.82) is 0 Å². The van der Waals surface area contributed by atoms with Gasteiger partial charge in [-0.05, 0) is 0 Å². The molecule has 0 radical (unpaired) electrons. The maximum atomic E-state index is 13.4. The molecule has 0 aliphatic rings. The van der Waals surface area contributed by atoms with Crippen molar-refractivity contribution in [2.75, 3.05) is 25.0 Å². The van der Waals surface area contributed by atoms with E-state index in [1.165, 1.54) is 5.32 Å². The Hall–Kier alpha value is -2.31. The molecule has 145 valence electrons. The van der Waals surface area contributed by atoms with E-state index in [1.807, 2.05) is 0 Å². The number of carboxylic acid groups (broad SMARTS) is 2. The fourth-order valence-corrected chi connectivity index (χ4v) is 1.65. The molecule has 8 nitrogen and oxygen atoms in total. The molecule has 1 aromatic rings. The van der Waals surface area contributed by atoms with Crippen LogP contribution in [0.25, 0.3) is 0 Å². The molecule has 0 unspecified atom stereocenters. The van der Waals surface area contributed by atoms with Crippen molar-refractivity contribution < 1.29 is 68.9 Å². The third kappa shape index (κ3) is 6.54. The number of nitrogens with one attached hydrogen (secondary N) is 1. The van der Waals surface area contributed by atoms with Gasteiger partial charge >= 0.3 is 34.3 Å². The van der Waals surface area contributed by atoms with Crippen LogP contribution in [-0.2, 0) is 36.7 Å². The van der Waals surface area contributed by atoms with E-state index in [0.717, 1.165) is 18.9 Å². The second-order valence-corrected chi connectivity index (χ2v) is 4.43. The van der Waals surface area contributed by atoms with E-state index in [4.69, 9.17) is 13.7 Å². The van der Waals surface area contributed by atoms with Gasteiger partial charge in [0, 0.05) is 0 Å². The summed E-state index contributed by atoms with van der Waals surface area (Å²) in [5.41, 5.74) is -1.62. The van der Waals surface area contributed by atoms with Crippen molar-refractivity contribution in [3.05, 3.63) is 29.1 Å². The molecule has 0 aliphatic carbocycles. The number of aliphatic carboxylic acids is 2. The predicted molar refractivity (Wildman–Crippen MR) is 67.3 cm³/mol. The van der Waals surface area contributed by atoms with Crippen LogP contribution in [0.15, 0.2) is 0 Å². The summed E-state index contributed by atoms with van der Waals surface area (Å²) in [7, 11) is 0. The Morgan fingerprint density at radius 1 is 0.769 bits per heavy atom. The first-order valence-corrected chi connectivity index (χ1v) is 6.93. The van der Waals surface area contributed by atoms with Crippen molar-refractivity contribution in [2.45, 2.75) is 0 Å². The topological polar surface area (TPSA) is 124 Å². The average Bonchev–Trinajstić information content (AvgIpc) is 2.55. The predicted octanol–water partition coefficient (Wildman–Crippen LogP) is 0.670. The Bertz CT molecular complexity index is 675. The molecule has 0 saturated carbocycles. The fraction of sp³-hybridized carbons (Fsp3) is 0.250. The van der Waals surface area contributed by atoms with Gasteiger partial charge in [-0.3, -0.25) is 19.3 Å². The molecule has 0 fully saturated rings. The molecule has 0 spiro atoms. The number of carboxylic acids is 2. The van der Waals surface area contributed by atoms with Crippen LogP contribution < -0.4 is 5.32 Å². The summed E-state index contributed by atoms with van der Waals surface area (Å²) in [5.74, 6) is -15.9. The minimum absolute atomic E-state index is 0.562. The Morgan fingerprint density at radius 3 is 1.46 bits per heavy atom. The van der Waals surface area contributed by atoms with Crippen molar-refractivity contribution in [3.8, 4) is 0 Å². The number of rotatable bonds is 7. The molecule has 0 heterocycles. The second kappa shape index (κ2) is 10.6. The number of amides is 1. The van der Waals surface area contributed by atoms with Gasteiger partial charge in [-0.2, -0.15) is 0 Å². The van der Waals surface area contributed by atoms with E-state index >= 15 is 0 Å². The van der Waals surface area contributed by atoms with Crippen molar-refractivity contribution in [2.24, 2.45) is 0 Å². The van der Waals surface area contributed by atoms with Gasteiger partial charge < -0.3 is 15.5 Å². The number of carbonyl (C=O) groups is 3. The van der Waals surface area contributed by atoms with Gasteiger partial charge in [0.2, 0.25) is 11.7 Å². The van der Waals surface area contributed by atoms with Crippen LogP contribution in [0.3, 0.4) is 0 Å². The molecule has 26 heavy (non-hydrogen) atoms. The third-order valence-electron chi connectivity index (χ3n) is 2.56. The second-order valence-electron chi connectivity index (χ2n) is 4.43. The molecular formula is C12H9F5N2O6Tc. The number of benzene rings is 1. The summed E-state index contributed by atoms with van der Waals surface area (Å²) in [5, 5.41) is 18.5. The van der Waals surface area contributed by atoms with Crippen LogP contribution in [0.2, 0.25) is 0 Å². The monoisotopic (exact) mass is 471 g/mol. The molecule has 3 N–H and O–H groups in total. The van der Waals surface area contributed by atoms with Crippen LogP contribution in [0.4, 0.5) is 27.6 Å². The van der Waals surface area contributed by atoms with Gasteiger partial charge in [-0.15, -0.1) is 0 Å². The number of halogens is 5. The zero-order valence-electron chi connectivity index (χ0n) is 12.4. The molecule has 1 amide bonds. The van der Waals surface area contributed by atoms with Crippen LogP contribution in [0.1, 0.15) is 0 Å². The number of nitrogens with zero attached hydrogens (tertiary/aromatic N) is 1. The number of hydrogen-bond donors (Lipinski definition) is 3. The molecule has 1 rings (SSSR count). The normalized spacial score (nSPS) is 10.1. The molecule has 0 atom stereocenters. The molecule has 0 saturated heterocycles. The zero-order chi connectivity index (χ0) is 20.6. The van der Waals surface area contributed by atoms with Gasteiger partial charge in [0.1, 0.15) is 5.69 Å². The standard InChI is InChI=1S/C12H9F5N2O5.O.Tc/c13-7-8(14)10(16)12(11(17)9(7)15)18-4(20)1-19(2-5(21)22)3-6(23)24;;/h1-3H2,(H,18,20)(H,21,22)(H,23,24);;/i;;1+1. The Morgan fingerprint density at radius 2 is 1.12 bits per heavy atom. The first-order valence-electron chi connectivity index (χ1n) is 6.17. The van der Waals surface area contributed by atoms with Gasteiger partial charge in [-0.25, -0.2) is 22.0 Å². The maximum absolute atomic E-state index is 13.4. The van der Waals surface area contributed by atoms with Crippen molar-refractivity contribution >= 4 is 23.5 Å². The van der Waals surface area contributed by atoms with Crippen molar-refractivity contribution in [3.63, 3.8) is 0 Å². The molecule has 1 aromatic carbocycles. The summed E-state index contributed by atoms with van der Waals surface area (Å²) >= 11 is 0.900. The fourth-order valence-electron chi connectivity index (χ4n) is 1.65. The molecule has 0 aromatic heterocycles. The molecule has 0 aliphatic heterocycles. The molecule has 14 heteroatoms. The van der Waals surface area contributed by atoms with Gasteiger partial charge in [0.05, 0.1) is 19.6 Å². The Labute approximate surface area is 152 Å². The van der Waals surface area contributed by atoms with Crippen LogP contribution in [0, 0.1) is 29.1 Å². The van der Waals surface area contributed by atoms with Gasteiger partial charge in [-0.1, -0.05) is 0 Å². The van der Waals surface area contributed by atoms with Crippen LogP contribution in [-0.4, -0.2) is 52.6 Å².